The zero-order valence-corrected chi connectivity index (χ0v) is 17.5. The van der Waals surface area contributed by atoms with Crippen LogP contribution in [0, 0.1) is 6.92 Å². The molecule has 0 unspecified atom stereocenters. The van der Waals surface area contributed by atoms with Gasteiger partial charge in [0.25, 0.3) is 5.56 Å². The van der Waals surface area contributed by atoms with Crippen LogP contribution in [0.3, 0.4) is 0 Å². The van der Waals surface area contributed by atoms with Crippen LogP contribution < -0.4 is 5.56 Å². The number of rotatable bonds is 5. The van der Waals surface area contributed by atoms with Crippen molar-refractivity contribution in [1.82, 2.24) is 4.57 Å². The van der Waals surface area contributed by atoms with Crippen molar-refractivity contribution in [2.75, 3.05) is 0 Å². The Bertz CT molecular complexity index is 1130. The highest BCUT2D eigenvalue weighted by Gasteiger charge is 2.30. The fourth-order valence-electron chi connectivity index (χ4n) is 3.00. The smallest absolute Gasteiger partial charge is 0.306 e. The molecule has 1 heterocycles. The fourth-order valence-corrected chi connectivity index (χ4v) is 3.54. The van der Waals surface area contributed by atoms with Gasteiger partial charge in [-0.05, 0) is 48.7 Å². The second-order valence-electron chi connectivity index (χ2n) is 6.87. The highest BCUT2D eigenvalue weighted by Crippen LogP contribution is 2.30. The Morgan fingerprint density at radius 2 is 1.67 bits per heavy atom. The molecule has 2 aromatic carbocycles. The minimum atomic E-state index is -4.43. The molecular formula is C23H18Cl2F3NO. The number of benzene rings is 2. The standard InChI is InChI=1S/C23H18Cl2F3NO/c1-15-5-7-16(8-6-15)11-12-29-21(19(24)14-20(25)22(29)30)10-9-17-3-2-4-18(13-17)23(26,27)28/h2-10,13-14H,11-12H2,1H3/b10-9+. The minimum Gasteiger partial charge on any atom is -0.306 e. The number of aryl methyl sites for hydroxylation is 2. The summed E-state index contributed by atoms with van der Waals surface area (Å²) in [6, 6.07) is 14.2. The van der Waals surface area contributed by atoms with Gasteiger partial charge in [0.1, 0.15) is 5.02 Å². The number of halogens is 5. The van der Waals surface area contributed by atoms with E-state index >= 15 is 0 Å². The van der Waals surface area contributed by atoms with Crippen molar-refractivity contribution in [3.63, 3.8) is 0 Å². The number of nitrogens with zero attached hydrogens (tertiary/aromatic N) is 1. The van der Waals surface area contributed by atoms with Gasteiger partial charge < -0.3 is 4.57 Å². The van der Waals surface area contributed by atoms with Gasteiger partial charge in [0, 0.05) is 6.54 Å². The maximum absolute atomic E-state index is 12.9. The number of aromatic nitrogens is 1. The van der Waals surface area contributed by atoms with E-state index in [0.29, 0.717) is 24.2 Å². The Morgan fingerprint density at radius 1 is 0.967 bits per heavy atom. The quantitative estimate of drug-likeness (QED) is 0.413. The third-order valence-corrected chi connectivity index (χ3v) is 5.20. The lowest BCUT2D eigenvalue weighted by Crippen LogP contribution is -2.24. The summed E-state index contributed by atoms with van der Waals surface area (Å²) in [5.74, 6) is 0. The first-order valence-corrected chi connectivity index (χ1v) is 9.90. The molecule has 0 aliphatic carbocycles. The highest BCUT2D eigenvalue weighted by molar-refractivity contribution is 6.35. The van der Waals surface area contributed by atoms with E-state index in [1.54, 1.807) is 6.07 Å². The Balaban J connectivity index is 1.94. The molecule has 7 heteroatoms. The van der Waals surface area contributed by atoms with Crippen LogP contribution in [-0.2, 0) is 19.1 Å². The highest BCUT2D eigenvalue weighted by atomic mass is 35.5. The van der Waals surface area contributed by atoms with Crippen LogP contribution in [0.1, 0.15) is 27.9 Å². The molecule has 0 bridgehead atoms. The van der Waals surface area contributed by atoms with E-state index in [2.05, 4.69) is 0 Å². The van der Waals surface area contributed by atoms with Gasteiger partial charge in [0.05, 0.1) is 16.3 Å². The van der Waals surface area contributed by atoms with Crippen LogP contribution >= 0.6 is 23.2 Å². The van der Waals surface area contributed by atoms with Crippen LogP contribution in [0.5, 0.6) is 0 Å². The van der Waals surface area contributed by atoms with E-state index in [4.69, 9.17) is 23.2 Å². The first kappa shape index (κ1) is 22.2. The average Bonchev–Trinajstić information content (AvgIpc) is 2.69. The number of alkyl halides is 3. The average molecular weight is 452 g/mol. The van der Waals surface area contributed by atoms with Gasteiger partial charge in [-0.2, -0.15) is 13.2 Å². The van der Waals surface area contributed by atoms with E-state index in [9.17, 15) is 18.0 Å². The van der Waals surface area contributed by atoms with Crippen molar-refractivity contribution in [3.8, 4) is 0 Å². The molecule has 1 aromatic heterocycles. The maximum atomic E-state index is 12.9. The normalized spacial score (nSPS) is 11.9. The van der Waals surface area contributed by atoms with Crippen molar-refractivity contribution in [3.05, 3.63) is 103 Å². The molecule has 2 nitrogen and oxygen atoms in total. The lowest BCUT2D eigenvalue weighted by atomic mass is 10.1. The Hall–Kier alpha value is -2.50. The molecule has 30 heavy (non-hydrogen) atoms. The van der Waals surface area contributed by atoms with Gasteiger partial charge in [-0.3, -0.25) is 4.79 Å². The molecule has 0 amide bonds. The summed E-state index contributed by atoms with van der Waals surface area (Å²) >= 11 is 12.3. The van der Waals surface area contributed by atoms with Crippen LogP contribution in [0.2, 0.25) is 10.0 Å². The summed E-state index contributed by atoms with van der Waals surface area (Å²) in [4.78, 5) is 12.6. The molecule has 0 atom stereocenters. The van der Waals surface area contributed by atoms with E-state index in [1.807, 2.05) is 31.2 Å². The summed E-state index contributed by atoms with van der Waals surface area (Å²) in [7, 11) is 0. The van der Waals surface area contributed by atoms with Crippen molar-refractivity contribution in [1.29, 1.82) is 0 Å². The van der Waals surface area contributed by atoms with Crippen LogP contribution in [0.4, 0.5) is 13.2 Å². The molecule has 0 saturated carbocycles. The van der Waals surface area contributed by atoms with Gasteiger partial charge in [-0.25, -0.2) is 0 Å². The number of hydrogen-bond acceptors (Lipinski definition) is 1. The SMILES string of the molecule is Cc1ccc(CCn2c(/C=C/c3cccc(C(F)(F)F)c3)c(Cl)cc(Cl)c2=O)cc1. The molecule has 0 N–H and O–H groups in total. The predicted molar refractivity (Wildman–Crippen MR) is 116 cm³/mol. The molecule has 3 rings (SSSR count). The molecule has 0 spiro atoms. The van der Waals surface area contributed by atoms with Crippen molar-refractivity contribution in [2.45, 2.75) is 26.1 Å². The molecule has 0 saturated heterocycles. The predicted octanol–water partition coefficient (Wildman–Crippen LogP) is 6.90. The summed E-state index contributed by atoms with van der Waals surface area (Å²) in [6.07, 6.45) is -0.837. The zero-order valence-electron chi connectivity index (χ0n) is 16.0. The molecule has 156 valence electrons. The zero-order chi connectivity index (χ0) is 21.9. The lowest BCUT2D eigenvalue weighted by molar-refractivity contribution is -0.137. The van der Waals surface area contributed by atoms with Gasteiger partial charge in [0.15, 0.2) is 0 Å². The van der Waals surface area contributed by atoms with Gasteiger partial charge in [-0.1, -0.05) is 71.2 Å². The Kier molecular flexibility index (Phi) is 6.74. The first-order valence-electron chi connectivity index (χ1n) is 9.15. The molecule has 0 aliphatic rings. The van der Waals surface area contributed by atoms with Gasteiger partial charge >= 0.3 is 6.18 Å². The Labute approximate surface area is 182 Å². The summed E-state index contributed by atoms with van der Waals surface area (Å²) in [5.41, 5.74) is 1.74. The van der Waals surface area contributed by atoms with Gasteiger partial charge in [-0.15, -0.1) is 0 Å². The molecule has 3 aromatic rings. The van der Waals surface area contributed by atoms with Crippen molar-refractivity contribution >= 4 is 35.4 Å². The van der Waals surface area contributed by atoms with E-state index in [0.717, 1.165) is 23.3 Å². The lowest BCUT2D eigenvalue weighted by Gasteiger charge is -2.13. The molecule has 0 radical (unpaired) electrons. The van der Waals surface area contributed by atoms with Crippen LogP contribution in [-0.4, -0.2) is 4.57 Å². The van der Waals surface area contributed by atoms with E-state index in [-0.39, 0.29) is 10.0 Å². The topological polar surface area (TPSA) is 22.0 Å². The fraction of sp³-hybridized carbons (Fsp3) is 0.174. The largest absolute Gasteiger partial charge is 0.416 e. The molecular weight excluding hydrogens is 434 g/mol. The van der Waals surface area contributed by atoms with E-state index in [1.165, 1.54) is 28.9 Å². The van der Waals surface area contributed by atoms with Crippen LogP contribution in [0.15, 0.2) is 59.4 Å². The molecule has 0 aliphatic heterocycles. The van der Waals surface area contributed by atoms with Gasteiger partial charge in [0.2, 0.25) is 0 Å². The molecule has 0 fully saturated rings. The van der Waals surface area contributed by atoms with Crippen molar-refractivity contribution in [2.24, 2.45) is 0 Å². The Morgan fingerprint density at radius 3 is 2.33 bits per heavy atom. The summed E-state index contributed by atoms with van der Waals surface area (Å²) < 4.78 is 40.3. The summed E-state index contributed by atoms with van der Waals surface area (Å²) in [5, 5.41) is 0.229. The van der Waals surface area contributed by atoms with E-state index < -0.39 is 17.3 Å². The summed E-state index contributed by atoms with van der Waals surface area (Å²) in [6.45, 7) is 2.31. The first-order chi connectivity index (χ1) is 14.1. The minimum absolute atomic E-state index is 0.0138. The second kappa shape index (κ2) is 9.11. The second-order valence-corrected chi connectivity index (χ2v) is 7.69. The number of pyridine rings is 1. The third-order valence-electron chi connectivity index (χ3n) is 4.63. The monoisotopic (exact) mass is 451 g/mol. The third kappa shape index (κ3) is 5.35. The van der Waals surface area contributed by atoms with Crippen LogP contribution in [0.25, 0.3) is 12.2 Å². The maximum Gasteiger partial charge on any atom is 0.416 e. The number of hydrogen-bond donors (Lipinski definition) is 0. The van der Waals surface area contributed by atoms with Crippen molar-refractivity contribution < 1.29 is 13.2 Å².